The van der Waals surface area contributed by atoms with Crippen LogP contribution in [0.2, 0.25) is 0 Å². The normalized spacial score (nSPS) is 18.9. The van der Waals surface area contributed by atoms with E-state index in [1.165, 1.54) is 0 Å². The number of nitrogens with zero attached hydrogens (tertiary/aromatic N) is 2. The molecule has 2 N–H and O–H groups in total. The van der Waals surface area contributed by atoms with Crippen molar-refractivity contribution in [2.45, 2.75) is 19.4 Å². The van der Waals surface area contributed by atoms with Crippen molar-refractivity contribution in [1.29, 1.82) is 0 Å². The van der Waals surface area contributed by atoms with Crippen LogP contribution >= 0.6 is 15.9 Å². The fourth-order valence-electron chi connectivity index (χ4n) is 2.72. The third-order valence-electron chi connectivity index (χ3n) is 3.79. The summed E-state index contributed by atoms with van der Waals surface area (Å²) < 4.78 is 1.04. The average molecular weight is 343 g/mol. The number of benzene rings is 1. The molecule has 0 aromatic heterocycles. The van der Waals surface area contributed by atoms with E-state index < -0.39 is 6.10 Å². The average Bonchev–Trinajstić information content (AvgIpc) is 2.64. The van der Waals surface area contributed by atoms with Crippen molar-refractivity contribution in [1.82, 2.24) is 4.90 Å². The van der Waals surface area contributed by atoms with Gasteiger partial charge in [0.2, 0.25) is 0 Å². The van der Waals surface area contributed by atoms with Gasteiger partial charge in [0.15, 0.2) is 0 Å². The highest BCUT2D eigenvalue weighted by molar-refractivity contribution is 9.10. The lowest BCUT2D eigenvalue weighted by atomic mass is 10.1. The molecule has 0 spiro atoms. The van der Waals surface area contributed by atoms with Gasteiger partial charge in [0.25, 0.3) is 0 Å². The largest absolute Gasteiger partial charge is 0.395 e. The summed E-state index contributed by atoms with van der Waals surface area (Å²) in [6, 6.07) is 6.05. The Morgan fingerprint density at radius 1 is 1.25 bits per heavy atom. The van der Waals surface area contributed by atoms with E-state index >= 15 is 0 Å². The molecule has 1 fully saturated rings. The maximum Gasteiger partial charge on any atom is 0.0782 e. The summed E-state index contributed by atoms with van der Waals surface area (Å²) in [7, 11) is 0. The summed E-state index contributed by atoms with van der Waals surface area (Å²) in [5.74, 6) is 0. The van der Waals surface area contributed by atoms with Crippen molar-refractivity contribution in [3.05, 3.63) is 28.2 Å². The van der Waals surface area contributed by atoms with Crippen LogP contribution in [0, 0.1) is 0 Å². The molecule has 1 aromatic carbocycles. The quantitative estimate of drug-likeness (QED) is 0.878. The first kappa shape index (κ1) is 15.8. The van der Waals surface area contributed by atoms with Crippen LogP contribution in [0.5, 0.6) is 0 Å². The van der Waals surface area contributed by atoms with Crippen LogP contribution in [-0.2, 0) is 0 Å². The molecule has 0 bridgehead atoms. The van der Waals surface area contributed by atoms with Gasteiger partial charge in [0.05, 0.1) is 12.7 Å². The van der Waals surface area contributed by atoms with E-state index in [4.69, 9.17) is 5.11 Å². The molecular formula is C15H23BrN2O2. The highest BCUT2D eigenvalue weighted by atomic mass is 79.9. The van der Waals surface area contributed by atoms with Gasteiger partial charge in [0.1, 0.15) is 0 Å². The van der Waals surface area contributed by atoms with Gasteiger partial charge in [-0.05, 0) is 32.0 Å². The molecule has 20 heavy (non-hydrogen) atoms. The van der Waals surface area contributed by atoms with Crippen LogP contribution in [0.4, 0.5) is 5.69 Å². The minimum atomic E-state index is -0.463. The van der Waals surface area contributed by atoms with Crippen LogP contribution < -0.4 is 4.90 Å². The van der Waals surface area contributed by atoms with Gasteiger partial charge in [-0.3, -0.25) is 4.90 Å². The lowest BCUT2D eigenvalue weighted by Gasteiger charge is -2.27. The molecule has 0 saturated carbocycles. The van der Waals surface area contributed by atoms with Crippen molar-refractivity contribution in [2.75, 3.05) is 44.2 Å². The Balaban J connectivity index is 2.16. The molecule has 1 aliphatic rings. The monoisotopic (exact) mass is 342 g/mol. The summed E-state index contributed by atoms with van der Waals surface area (Å²) in [6.07, 6.45) is 0.612. The zero-order chi connectivity index (χ0) is 14.5. The summed E-state index contributed by atoms with van der Waals surface area (Å²) in [4.78, 5) is 4.63. The Morgan fingerprint density at radius 3 is 2.75 bits per heavy atom. The Bertz CT molecular complexity index is 440. The number of rotatable bonds is 4. The smallest absolute Gasteiger partial charge is 0.0782 e. The van der Waals surface area contributed by atoms with Gasteiger partial charge < -0.3 is 15.1 Å². The lowest BCUT2D eigenvalue weighted by molar-refractivity contribution is 0.199. The Morgan fingerprint density at radius 2 is 2.05 bits per heavy atom. The Hall–Kier alpha value is -0.620. The molecule has 112 valence electrons. The summed E-state index contributed by atoms with van der Waals surface area (Å²) in [5, 5.41) is 19.0. The fourth-order valence-corrected chi connectivity index (χ4v) is 3.07. The number of halogens is 1. The first-order valence-electron chi connectivity index (χ1n) is 7.17. The molecule has 0 aliphatic carbocycles. The molecule has 1 atom stereocenters. The molecule has 4 nitrogen and oxygen atoms in total. The van der Waals surface area contributed by atoms with Gasteiger partial charge in [-0.25, -0.2) is 0 Å². The fraction of sp³-hybridized carbons (Fsp3) is 0.600. The van der Waals surface area contributed by atoms with Crippen LogP contribution in [0.3, 0.4) is 0 Å². The first-order chi connectivity index (χ1) is 9.61. The zero-order valence-electron chi connectivity index (χ0n) is 11.9. The number of aliphatic hydroxyl groups excluding tert-OH is 2. The molecule has 0 radical (unpaired) electrons. The third-order valence-corrected chi connectivity index (χ3v) is 4.28. The number of anilines is 1. The lowest BCUT2D eigenvalue weighted by Crippen LogP contribution is -2.32. The molecule has 5 heteroatoms. The van der Waals surface area contributed by atoms with E-state index in [-0.39, 0.29) is 6.61 Å². The standard InChI is InChI=1S/C15H23BrN2O2/c1-12(20)14-4-3-13(16)11-15(14)18-6-2-5-17(7-8-18)9-10-19/h3-4,11-12,19-20H,2,5-10H2,1H3. The van der Waals surface area contributed by atoms with E-state index in [0.717, 1.165) is 54.9 Å². The second-order valence-corrected chi connectivity index (χ2v) is 6.20. The third kappa shape index (κ3) is 3.95. The molecule has 0 amide bonds. The van der Waals surface area contributed by atoms with Crippen LogP contribution in [-0.4, -0.2) is 54.4 Å². The van der Waals surface area contributed by atoms with Crippen molar-refractivity contribution in [3.63, 3.8) is 0 Å². The van der Waals surface area contributed by atoms with Crippen LogP contribution in [0.1, 0.15) is 25.0 Å². The summed E-state index contributed by atoms with van der Waals surface area (Å²) >= 11 is 3.52. The summed E-state index contributed by atoms with van der Waals surface area (Å²) in [6.45, 7) is 6.66. The van der Waals surface area contributed by atoms with Crippen LogP contribution in [0.15, 0.2) is 22.7 Å². The number of aliphatic hydroxyl groups is 2. The highest BCUT2D eigenvalue weighted by Crippen LogP contribution is 2.30. The van der Waals surface area contributed by atoms with Gasteiger partial charge >= 0.3 is 0 Å². The van der Waals surface area contributed by atoms with E-state index in [2.05, 4.69) is 31.8 Å². The zero-order valence-corrected chi connectivity index (χ0v) is 13.5. The maximum absolute atomic E-state index is 9.95. The van der Waals surface area contributed by atoms with Crippen molar-refractivity contribution >= 4 is 21.6 Å². The predicted molar refractivity (Wildman–Crippen MR) is 85.1 cm³/mol. The summed E-state index contributed by atoms with van der Waals surface area (Å²) in [5.41, 5.74) is 2.09. The minimum Gasteiger partial charge on any atom is -0.395 e. The molecule has 1 aromatic rings. The molecule has 1 saturated heterocycles. The number of hydrogen-bond acceptors (Lipinski definition) is 4. The van der Waals surface area contributed by atoms with Gasteiger partial charge in [0, 0.05) is 41.9 Å². The predicted octanol–water partition coefficient (Wildman–Crippen LogP) is 2.01. The van der Waals surface area contributed by atoms with Gasteiger partial charge in [-0.2, -0.15) is 0 Å². The maximum atomic E-state index is 9.95. The number of β-amino-alcohol motifs (C(OH)–C–C–N with tert-alkyl or cyclic N) is 1. The molecule has 1 aliphatic heterocycles. The SMILES string of the molecule is CC(O)c1ccc(Br)cc1N1CCCN(CCO)CC1. The molecular weight excluding hydrogens is 320 g/mol. The highest BCUT2D eigenvalue weighted by Gasteiger charge is 2.18. The molecule has 1 heterocycles. The second kappa shape index (κ2) is 7.41. The first-order valence-corrected chi connectivity index (χ1v) is 7.97. The van der Waals surface area contributed by atoms with E-state index in [0.29, 0.717) is 0 Å². The topological polar surface area (TPSA) is 46.9 Å². The van der Waals surface area contributed by atoms with E-state index in [1.54, 1.807) is 0 Å². The Kier molecular flexibility index (Phi) is 5.84. The van der Waals surface area contributed by atoms with Gasteiger partial charge in [-0.15, -0.1) is 0 Å². The molecule has 2 rings (SSSR count). The number of hydrogen-bond donors (Lipinski definition) is 2. The molecule has 1 unspecified atom stereocenters. The van der Waals surface area contributed by atoms with E-state index in [9.17, 15) is 5.11 Å². The van der Waals surface area contributed by atoms with E-state index in [1.807, 2.05) is 19.1 Å². The minimum absolute atomic E-state index is 0.218. The van der Waals surface area contributed by atoms with Gasteiger partial charge in [-0.1, -0.05) is 22.0 Å². The van der Waals surface area contributed by atoms with Crippen molar-refractivity contribution < 1.29 is 10.2 Å². The van der Waals surface area contributed by atoms with Crippen molar-refractivity contribution in [3.8, 4) is 0 Å². The van der Waals surface area contributed by atoms with Crippen molar-refractivity contribution in [2.24, 2.45) is 0 Å². The van der Waals surface area contributed by atoms with Crippen LogP contribution in [0.25, 0.3) is 0 Å². The Labute approximate surface area is 129 Å². The second-order valence-electron chi connectivity index (χ2n) is 5.28.